The predicted octanol–water partition coefficient (Wildman–Crippen LogP) is 1.42. The molecule has 1 aliphatic heterocycles. The van der Waals surface area contributed by atoms with Crippen LogP contribution in [0.25, 0.3) is 10.9 Å². The van der Waals surface area contributed by atoms with E-state index in [2.05, 4.69) is 25.8 Å². The Kier molecular flexibility index (Phi) is 5.25. The second kappa shape index (κ2) is 7.84. The molecule has 1 fully saturated rings. The second-order valence-electron chi connectivity index (χ2n) is 7.44. The van der Waals surface area contributed by atoms with Gasteiger partial charge in [-0.05, 0) is 23.8 Å². The van der Waals surface area contributed by atoms with E-state index in [1.54, 1.807) is 14.2 Å². The molecule has 0 aliphatic carbocycles. The van der Waals surface area contributed by atoms with Gasteiger partial charge >= 0.3 is 0 Å². The Morgan fingerprint density at radius 1 is 1.34 bits per heavy atom. The molecule has 1 aromatic carbocycles. The van der Waals surface area contributed by atoms with Crippen molar-refractivity contribution in [2.75, 3.05) is 27.3 Å². The van der Waals surface area contributed by atoms with E-state index in [4.69, 9.17) is 19.7 Å². The Morgan fingerprint density at radius 2 is 2.17 bits per heavy atom. The molecule has 0 radical (unpaired) electrons. The first-order valence-corrected chi connectivity index (χ1v) is 9.45. The lowest BCUT2D eigenvalue weighted by atomic mass is 9.95. The molecule has 29 heavy (non-hydrogen) atoms. The molecule has 1 amide bonds. The van der Waals surface area contributed by atoms with Gasteiger partial charge < -0.3 is 24.3 Å². The molecular weight excluding hydrogens is 374 g/mol. The lowest BCUT2D eigenvalue weighted by molar-refractivity contribution is -0.121. The summed E-state index contributed by atoms with van der Waals surface area (Å²) in [4.78, 5) is 18.7. The number of rotatable bonds is 7. The Balaban J connectivity index is 1.58. The number of amides is 1. The molecule has 9 heteroatoms. The van der Waals surface area contributed by atoms with E-state index in [1.807, 2.05) is 25.2 Å². The minimum absolute atomic E-state index is 0.227. The van der Waals surface area contributed by atoms with E-state index in [-0.39, 0.29) is 24.3 Å². The third-order valence-corrected chi connectivity index (χ3v) is 5.51. The van der Waals surface area contributed by atoms with Crippen molar-refractivity contribution >= 4 is 16.8 Å². The molecule has 9 nitrogen and oxygen atoms in total. The maximum absolute atomic E-state index is 12.1. The summed E-state index contributed by atoms with van der Waals surface area (Å²) in [5.74, 6) is 0.748. The number of likely N-dealkylation sites (tertiary alicyclic amines) is 1. The van der Waals surface area contributed by atoms with Crippen molar-refractivity contribution in [1.29, 1.82) is 0 Å². The molecule has 3 aromatic rings. The summed E-state index contributed by atoms with van der Waals surface area (Å²) in [6, 6.07) is 6.04. The summed E-state index contributed by atoms with van der Waals surface area (Å²) in [7, 11) is 5.25. The Labute approximate surface area is 168 Å². The van der Waals surface area contributed by atoms with Gasteiger partial charge in [-0.25, -0.2) is 0 Å². The molecule has 0 saturated carbocycles. The molecule has 0 unspecified atom stereocenters. The zero-order valence-electron chi connectivity index (χ0n) is 16.8. The molecule has 2 N–H and O–H groups in total. The molecule has 2 aromatic heterocycles. The molecular formula is C20H25N5O4. The standard InChI is InChI=1S/C20H25N5O4/c1-24-7-12(14-6-13(28-3)4-5-17(14)24)8-25-9-15(19(21)26)16(10-25)20-22-18(11-27-2)23-29-20/h4-7,15-16H,8-11H2,1-3H3,(H2,21,26)/t15-,16-/m1/s1. The molecule has 0 bridgehead atoms. The quantitative estimate of drug-likeness (QED) is 0.640. The Bertz CT molecular complexity index is 1030. The van der Waals surface area contributed by atoms with Crippen molar-refractivity contribution in [3.8, 4) is 5.75 Å². The summed E-state index contributed by atoms with van der Waals surface area (Å²) in [6.07, 6.45) is 2.11. The van der Waals surface area contributed by atoms with Gasteiger partial charge in [-0.15, -0.1) is 0 Å². The van der Waals surface area contributed by atoms with Crippen LogP contribution in [0.2, 0.25) is 0 Å². The highest BCUT2D eigenvalue weighted by Crippen LogP contribution is 2.34. The fourth-order valence-electron chi connectivity index (χ4n) is 4.11. The van der Waals surface area contributed by atoms with Crippen molar-refractivity contribution in [2.45, 2.75) is 19.1 Å². The Hall–Kier alpha value is -2.91. The minimum Gasteiger partial charge on any atom is -0.497 e. The second-order valence-corrected chi connectivity index (χ2v) is 7.44. The summed E-state index contributed by atoms with van der Waals surface area (Å²) in [6.45, 7) is 2.10. The number of hydrogen-bond acceptors (Lipinski definition) is 7. The lowest BCUT2D eigenvalue weighted by Crippen LogP contribution is -2.29. The number of ether oxygens (including phenoxy) is 2. The monoisotopic (exact) mass is 399 g/mol. The summed E-state index contributed by atoms with van der Waals surface area (Å²) in [5, 5.41) is 5.05. The van der Waals surface area contributed by atoms with Crippen LogP contribution in [-0.4, -0.2) is 52.8 Å². The lowest BCUT2D eigenvalue weighted by Gasteiger charge is -2.14. The van der Waals surface area contributed by atoms with E-state index < -0.39 is 0 Å². The zero-order valence-corrected chi connectivity index (χ0v) is 16.8. The average molecular weight is 399 g/mol. The fraction of sp³-hybridized carbons (Fsp3) is 0.450. The predicted molar refractivity (Wildman–Crippen MR) is 105 cm³/mol. The number of nitrogens with zero attached hydrogens (tertiary/aromatic N) is 4. The minimum atomic E-state index is -0.379. The van der Waals surface area contributed by atoms with Crippen LogP contribution in [0.4, 0.5) is 0 Å². The number of nitrogens with two attached hydrogens (primary N) is 1. The first kappa shape index (κ1) is 19.4. The van der Waals surface area contributed by atoms with Crippen LogP contribution < -0.4 is 10.5 Å². The Morgan fingerprint density at radius 3 is 2.90 bits per heavy atom. The van der Waals surface area contributed by atoms with Gasteiger partial charge in [-0.1, -0.05) is 5.16 Å². The number of carbonyl (C=O) groups excluding carboxylic acids is 1. The normalized spacial score (nSPS) is 19.8. The van der Waals surface area contributed by atoms with Crippen LogP contribution in [0.15, 0.2) is 28.9 Å². The van der Waals surface area contributed by atoms with E-state index in [9.17, 15) is 4.79 Å². The van der Waals surface area contributed by atoms with Crippen LogP contribution in [-0.2, 0) is 29.7 Å². The SMILES string of the molecule is COCc1noc([C@@H]2CN(Cc3cn(C)c4ccc(OC)cc34)C[C@H]2C(N)=O)n1. The molecule has 0 spiro atoms. The highest BCUT2D eigenvalue weighted by molar-refractivity contribution is 5.85. The molecule has 4 rings (SSSR count). The van der Waals surface area contributed by atoms with Gasteiger partial charge in [0.05, 0.1) is 18.9 Å². The van der Waals surface area contributed by atoms with Crippen LogP contribution in [0.5, 0.6) is 5.75 Å². The van der Waals surface area contributed by atoms with Crippen molar-refractivity contribution < 1.29 is 18.8 Å². The van der Waals surface area contributed by atoms with Gasteiger partial charge in [0.25, 0.3) is 0 Å². The van der Waals surface area contributed by atoms with Gasteiger partial charge in [0.1, 0.15) is 12.4 Å². The number of fused-ring (bicyclic) bond motifs is 1. The van der Waals surface area contributed by atoms with Gasteiger partial charge in [-0.3, -0.25) is 9.69 Å². The largest absolute Gasteiger partial charge is 0.497 e. The number of methoxy groups -OCH3 is 2. The van der Waals surface area contributed by atoms with E-state index in [0.717, 1.165) is 22.2 Å². The number of hydrogen-bond donors (Lipinski definition) is 1. The van der Waals surface area contributed by atoms with Crippen molar-refractivity contribution in [3.63, 3.8) is 0 Å². The maximum atomic E-state index is 12.1. The van der Waals surface area contributed by atoms with E-state index >= 15 is 0 Å². The molecule has 1 saturated heterocycles. The highest BCUT2D eigenvalue weighted by Gasteiger charge is 2.40. The first-order valence-electron chi connectivity index (χ1n) is 9.45. The van der Waals surface area contributed by atoms with Gasteiger partial charge in [0.15, 0.2) is 5.82 Å². The first-order chi connectivity index (χ1) is 14.0. The van der Waals surface area contributed by atoms with E-state index in [0.29, 0.717) is 31.3 Å². The maximum Gasteiger partial charge on any atom is 0.231 e. The third-order valence-electron chi connectivity index (χ3n) is 5.51. The molecule has 1 aliphatic rings. The van der Waals surface area contributed by atoms with Crippen LogP contribution in [0.3, 0.4) is 0 Å². The van der Waals surface area contributed by atoms with E-state index in [1.165, 1.54) is 0 Å². The van der Waals surface area contributed by atoms with Crippen LogP contribution >= 0.6 is 0 Å². The number of primary amides is 1. The van der Waals surface area contributed by atoms with Crippen molar-refractivity contribution in [2.24, 2.45) is 18.7 Å². The number of benzene rings is 1. The molecule has 2 atom stereocenters. The van der Waals surface area contributed by atoms with Gasteiger partial charge in [-0.2, -0.15) is 4.98 Å². The molecule has 3 heterocycles. The van der Waals surface area contributed by atoms with Crippen LogP contribution in [0.1, 0.15) is 23.2 Å². The fourth-order valence-corrected chi connectivity index (χ4v) is 4.11. The zero-order chi connectivity index (χ0) is 20.5. The van der Waals surface area contributed by atoms with Crippen LogP contribution in [0, 0.1) is 5.92 Å². The van der Waals surface area contributed by atoms with Crippen molar-refractivity contribution in [1.82, 2.24) is 19.6 Å². The van der Waals surface area contributed by atoms with Gasteiger partial charge in [0, 0.05) is 50.9 Å². The third kappa shape index (κ3) is 3.70. The summed E-state index contributed by atoms with van der Waals surface area (Å²) >= 11 is 0. The average Bonchev–Trinajstić information content (AvgIpc) is 3.40. The number of aromatic nitrogens is 3. The van der Waals surface area contributed by atoms with Gasteiger partial charge in [0.2, 0.25) is 11.8 Å². The molecule has 154 valence electrons. The van der Waals surface area contributed by atoms with Crippen molar-refractivity contribution in [3.05, 3.63) is 41.7 Å². The topological polar surface area (TPSA) is 109 Å². The number of carbonyl (C=O) groups is 1. The summed E-state index contributed by atoms with van der Waals surface area (Å²) in [5.41, 5.74) is 7.97. The summed E-state index contributed by atoms with van der Waals surface area (Å²) < 4.78 is 17.9. The highest BCUT2D eigenvalue weighted by atomic mass is 16.5. The number of aryl methyl sites for hydroxylation is 1. The smallest absolute Gasteiger partial charge is 0.231 e.